The van der Waals surface area contributed by atoms with Crippen LogP contribution < -0.4 is 21.1 Å². The lowest BCUT2D eigenvalue weighted by Crippen LogP contribution is -2.54. The van der Waals surface area contributed by atoms with Gasteiger partial charge in [0.05, 0.1) is 49.5 Å². The highest BCUT2D eigenvalue weighted by Gasteiger charge is 2.45. The molecule has 1 unspecified atom stereocenters. The number of rotatable bonds is 16. The van der Waals surface area contributed by atoms with Crippen LogP contribution in [0, 0.1) is 0 Å². The number of hydrogen-bond acceptors (Lipinski definition) is 11. The third-order valence-electron chi connectivity index (χ3n) is 9.15. The van der Waals surface area contributed by atoms with Crippen LogP contribution in [0.3, 0.4) is 0 Å². The number of pyridine rings is 1. The summed E-state index contributed by atoms with van der Waals surface area (Å²) < 4.78 is 22.8. The van der Waals surface area contributed by atoms with Gasteiger partial charge in [0, 0.05) is 29.8 Å². The van der Waals surface area contributed by atoms with E-state index in [2.05, 4.69) is 10.6 Å². The Morgan fingerprint density at radius 2 is 1.55 bits per heavy atom. The molecule has 14 heteroatoms. The Morgan fingerprint density at radius 3 is 2.27 bits per heavy atom. The number of fused-ring (bicyclic) bond motifs is 1. The van der Waals surface area contributed by atoms with E-state index in [4.69, 9.17) is 29.3 Å². The van der Waals surface area contributed by atoms with Crippen molar-refractivity contribution in [2.75, 3.05) is 44.9 Å². The minimum atomic E-state index is -1.02. The Hall–Kier alpha value is -6.64. The number of carbonyl (C=O) groups excluding carboxylic acids is 5. The molecule has 1 atom stereocenters. The van der Waals surface area contributed by atoms with Crippen LogP contribution in [0.2, 0.25) is 0 Å². The van der Waals surface area contributed by atoms with Crippen molar-refractivity contribution < 1.29 is 42.6 Å². The van der Waals surface area contributed by atoms with Gasteiger partial charge < -0.3 is 29.7 Å². The van der Waals surface area contributed by atoms with E-state index in [1.165, 1.54) is 0 Å². The van der Waals surface area contributed by atoms with E-state index in [1.54, 1.807) is 36.6 Å². The molecule has 2 aliphatic rings. The summed E-state index contributed by atoms with van der Waals surface area (Å²) in [5, 5.41) is 5.34. The summed E-state index contributed by atoms with van der Waals surface area (Å²) in [6, 6.07) is 26.1. The first kappa shape index (κ1) is 36.7. The Morgan fingerprint density at radius 1 is 0.818 bits per heavy atom. The molecule has 0 radical (unpaired) electrons. The quantitative estimate of drug-likeness (QED) is 0.0938. The van der Waals surface area contributed by atoms with E-state index in [0.29, 0.717) is 68.0 Å². The van der Waals surface area contributed by atoms with E-state index < -0.39 is 35.6 Å². The maximum absolute atomic E-state index is 13.2. The minimum Gasteiger partial charge on any atom is -0.491 e. The Balaban J connectivity index is 0.841. The van der Waals surface area contributed by atoms with Gasteiger partial charge in [0.25, 0.3) is 11.8 Å². The first-order chi connectivity index (χ1) is 26.8. The predicted molar refractivity (Wildman–Crippen MR) is 200 cm³/mol. The summed E-state index contributed by atoms with van der Waals surface area (Å²) in [5.41, 5.74) is 10.8. The largest absolute Gasteiger partial charge is 0.491 e. The maximum atomic E-state index is 13.2. The van der Waals surface area contributed by atoms with Crippen molar-refractivity contribution in [1.29, 1.82) is 0 Å². The molecule has 5 amide bonds. The van der Waals surface area contributed by atoms with Crippen molar-refractivity contribution in [2.45, 2.75) is 18.9 Å². The number of nitrogens with two attached hydrogens (primary N) is 1. The zero-order valence-electron chi connectivity index (χ0n) is 29.6. The summed E-state index contributed by atoms with van der Waals surface area (Å²) in [6.07, 6.45) is 1.75. The van der Waals surface area contributed by atoms with Gasteiger partial charge in [-0.05, 0) is 90.3 Å². The number of piperidine rings is 1. The molecule has 5 aromatic rings. The third kappa shape index (κ3) is 8.30. The van der Waals surface area contributed by atoms with Gasteiger partial charge in [0.1, 0.15) is 24.1 Å². The molecule has 7 rings (SSSR count). The molecule has 2 aromatic heterocycles. The number of hydrogen-bond donors (Lipinski definition) is 3. The van der Waals surface area contributed by atoms with Crippen molar-refractivity contribution >= 4 is 35.2 Å². The molecule has 4 N–H and O–H groups in total. The molecule has 0 aliphatic carbocycles. The second kappa shape index (κ2) is 16.6. The van der Waals surface area contributed by atoms with E-state index in [-0.39, 0.29) is 24.0 Å². The molecule has 0 bridgehead atoms. The monoisotopic (exact) mass is 743 g/mol. The second-order valence-electron chi connectivity index (χ2n) is 12.7. The predicted octanol–water partition coefficient (Wildman–Crippen LogP) is 4.70. The molecule has 1 fully saturated rings. The average molecular weight is 744 g/mol. The minimum absolute atomic E-state index is 0.0569. The Kier molecular flexibility index (Phi) is 11.1. The first-order valence-electron chi connectivity index (χ1n) is 17.7. The lowest BCUT2D eigenvalue weighted by molar-refractivity contribution is -0.136. The van der Waals surface area contributed by atoms with Gasteiger partial charge in [-0.1, -0.05) is 18.2 Å². The number of furan rings is 1. The zero-order valence-corrected chi connectivity index (χ0v) is 29.6. The molecule has 0 saturated carbocycles. The van der Waals surface area contributed by atoms with E-state index >= 15 is 0 Å². The smallest absolute Gasteiger partial charge is 0.264 e. The Labute approximate surface area is 315 Å². The number of imide groups is 2. The SMILES string of the molecule is NC(=O)c1ccc(-c2cc(-c3ccc(OCCOCCOCCNc4cccc5c4C(=O)N(C4CCC(=O)NC4=O)C5=O)cc3)nc(-c3ccco3)c2)cc1. The molecule has 55 heavy (non-hydrogen) atoms. The number of nitrogens with one attached hydrogen (secondary N) is 2. The highest BCUT2D eigenvalue weighted by atomic mass is 16.5. The Bertz CT molecular complexity index is 2220. The highest BCUT2D eigenvalue weighted by Crippen LogP contribution is 2.33. The number of nitrogens with zero attached hydrogens (tertiary/aromatic N) is 2. The molecular formula is C41H37N5O9. The molecule has 4 heterocycles. The van der Waals surface area contributed by atoms with E-state index in [1.807, 2.05) is 60.7 Å². The van der Waals surface area contributed by atoms with Crippen LogP contribution >= 0.6 is 0 Å². The number of aromatic nitrogens is 1. The average Bonchev–Trinajstić information content (AvgIpc) is 3.83. The van der Waals surface area contributed by atoms with Crippen molar-refractivity contribution in [3.8, 4) is 39.6 Å². The number of benzene rings is 3. The molecule has 280 valence electrons. The summed E-state index contributed by atoms with van der Waals surface area (Å²) in [5.74, 6) is -1.38. The molecule has 2 aliphatic heterocycles. The fourth-order valence-electron chi connectivity index (χ4n) is 6.41. The van der Waals surface area contributed by atoms with Crippen molar-refractivity contribution in [3.05, 3.63) is 114 Å². The van der Waals surface area contributed by atoms with Crippen LogP contribution in [-0.4, -0.2) is 85.0 Å². The van der Waals surface area contributed by atoms with Crippen molar-refractivity contribution in [3.63, 3.8) is 0 Å². The standard InChI is InChI=1S/C41H37N5O9/c42-38(48)27-8-6-25(7-9-27)28-23-32(44-33(24-28)35-5-2-17-55-35)26-10-12-29(13-11-26)54-22-21-53-20-19-52-18-16-43-31-4-1-3-30-37(31)41(51)46(40(30)50)34-14-15-36(47)45-39(34)49/h1-13,17,23-24,34,43H,14-16,18-22H2,(H2,42,48)(H,45,47,49). The summed E-state index contributed by atoms with van der Waals surface area (Å²) >= 11 is 0. The summed E-state index contributed by atoms with van der Waals surface area (Å²) in [6.45, 7) is 2.05. The second-order valence-corrected chi connectivity index (χ2v) is 12.7. The van der Waals surface area contributed by atoms with Gasteiger partial charge in [0.2, 0.25) is 17.7 Å². The van der Waals surface area contributed by atoms with Crippen molar-refractivity contribution in [2.24, 2.45) is 5.73 Å². The lowest BCUT2D eigenvalue weighted by Gasteiger charge is -2.27. The fourth-order valence-corrected chi connectivity index (χ4v) is 6.41. The molecule has 3 aromatic carbocycles. The summed E-state index contributed by atoms with van der Waals surface area (Å²) in [7, 11) is 0. The summed E-state index contributed by atoms with van der Waals surface area (Å²) in [4.78, 5) is 67.5. The van der Waals surface area contributed by atoms with Gasteiger partial charge in [-0.15, -0.1) is 0 Å². The van der Waals surface area contributed by atoms with Crippen LogP contribution in [0.25, 0.3) is 33.8 Å². The van der Waals surface area contributed by atoms with Crippen LogP contribution in [-0.2, 0) is 19.1 Å². The number of amides is 5. The van der Waals surface area contributed by atoms with Gasteiger partial charge in [-0.25, -0.2) is 4.98 Å². The molecular weight excluding hydrogens is 706 g/mol. The maximum Gasteiger partial charge on any atom is 0.264 e. The van der Waals surface area contributed by atoms with Crippen molar-refractivity contribution in [1.82, 2.24) is 15.2 Å². The highest BCUT2D eigenvalue weighted by molar-refractivity contribution is 6.25. The van der Waals surface area contributed by atoms with Gasteiger partial charge >= 0.3 is 0 Å². The lowest BCUT2D eigenvalue weighted by atomic mass is 10.0. The zero-order chi connectivity index (χ0) is 38.3. The first-order valence-corrected chi connectivity index (χ1v) is 17.7. The molecule has 14 nitrogen and oxygen atoms in total. The van der Waals surface area contributed by atoms with Crippen LogP contribution in [0.5, 0.6) is 5.75 Å². The van der Waals surface area contributed by atoms with Crippen LogP contribution in [0.15, 0.2) is 102 Å². The van der Waals surface area contributed by atoms with Gasteiger partial charge in [0.15, 0.2) is 5.76 Å². The molecule has 0 spiro atoms. The number of primary amides is 1. The topological polar surface area (TPSA) is 192 Å². The normalized spacial score (nSPS) is 15.2. The number of anilines is 1. The van der Waals surface area contributed by atoms with Gasteiger partial charge in [-0.3, -0.25) is 34.2 Å². The molecule has 1 saturated heterocycles. The third-order valence-corrected chi connectivity index (χ3v) is 9.15. The number of carbonyl (C=O) groups is 5. The fraction of sp³-hybridized carbons (Fsp3) is 0.220. The van der Waals surface area contributed by atoms with Crippen LogP contribution in [0.1, 0.15) is 43.9 Å². The van der Waals surface area contributed by atoms with Crippen LogP contribution in [0.4, 0.5) is 5.69 Å². The van der Waals surface area contributed by atoms with Gasteiger partial charge in [-0.2, -0.15) is 0 Å². The number of ether oxygens (including phenoxy) is 3. The van der Waals surface area contributed by atoms with E-state index in [9.17, 15) is 24.0 Å². The van der Waals surface area contributed by atoms with E-state index in [0.717, 1.165) is 27.3 Å².